The molecular weight excluding hydrogens is 820 g/mol. The summed E-state index contributed by atoms with van der Waals surface area (Å²) in [5, 5.41) is 43.0. The zero-order valence-corrected chi connectivity index (χ0v) is 34.2. The van der Waals surface area contributed by atoms with Crippen LogP contribution in [0.4, 0.5) is 0 Å². The van der Waals surface area contributed by atoms with Crippen LogP contribution in [0.5, 0.6) is 5.75 Å². The number of aryl methyl sites for hydroxylation is 2. The van der Waals surface area contributed by atoms with Crippen LogP contribution in [0.3, 0.4) is 0 Å². The Morgan fingerprint density at radius 1 is 0.967 bits per heavy atom. The summed E-state index contributed by atoms with van der Waals surface area (Å²) in [6, 6.07) is 4.63. The summed E-state index contributed by atoms with van der Waals surface area (Å²) < 4.78 is 46.9. The first-order chi connectivity index (χ1) is 28.4. The maximum Gasteiger partial charge on any atom is 0.336 e. The molecule has 0 atom stereocenters. The number of aromatic nitrogens is 3. The second-order valence-corrected chi connectivity index (χ2v) is 15.3. The van der Waals surface area contributed by atoms with Crippen LogP contribution in [0.1, 0.15) is 52.0 Å². The first-order valence-corrected chi connectivity index (χ1v) is 20.3. The van der Waals surface area contributed by atoms with Crippen LogP contribution in [0.15, 0.2) is 34.1 Å². The van der Waals surface area contributed by atoms with E-state index in [0.29, 0.717) is 55.1 Å². The van der Waals surface area contributed by atoms with Crippen molar-refractivity contribution in [1.29, 1.82) is 0 Å². The predicted octanol–water partition coefficient (Wildman–Crippen LogP) is 0.979. The third kappa shape index (κ3) is 13.7. The predicted molar refractivity (Wildman–Crippen MR) is 208 cm³/mol. The number of nitrogens with zero attached hydrogens (tertiary/aromatic N) is 5. The highest BCUT2D eigenvalue weighted by Gasteiger charge is 2.41. The topological polar surface area (TPSA) is 321 Å². The maximum atomic E-state index is 13.8. The van der Waals surface area contributed by atoms with Gasteiger partial charge in [-0.15, -0.1) is 10.1 Å². The first-order valence-electron chi connectivity index (χ1n) is 18.9. The number of aliphatic carboxylic acids is 3. The fourth-order valence-corrected chi connectivity index (χ4v) is 7.45. The second kappa shape index (κ2) is 22.6. The third-order valence-corrected chi connectivity index (χ3v) is 10.8. The zero-order chi connectivity index (χ0) is 44.6. The number of nitrogens with one attached hydrogen (secondary N) is 1. The number of carbonyl (C=O) groups is 4. The fourth-order valence-electron chi connectivity index (χ4n) is 6.01. The first kappa shape index (κ1) is 48.7. The van der Waals surface area contributed by atoms with Gasteiger partial charge in [0.1, 0.15) is 36.9 Å². The lowest BCUT2D eigenvalue weighted by Gasteiger charge is -2.33. The van der Waals surface area contributed by atoms with E-state index in [9.17, 15) is 42.5 Å². The van der Waals surface area contributed by atoms with Crippen molar-refractivity contribution >= 4 is 44.9 Å². The van der Waals surface area contributed by atoms with Gasteiger partial charge in [0.25, 0.3) is 10.6 Å². The number of H-pyrrole nitrogens is 1. The van der Waals surface area contributed by atoms with E-state index in [0.717, 1.165) is 24.8 Å². The van der Waals surface area contributed by atoms with Crippen LogP contribution >= 0.6 is 0 Å². The molecule has 0 spiro atoms. The lowest BCUT2D eigenvalue weighted by Crippen LogP contribution is -2.49. The highest BCUT2D eigenvalue weighted by molar-refractivity contribution is 7.89. The van der Waals surface area contributed by atoms with Gasteiger partial charge in [-0.3, -0.25) is 19.3 Å². The number of carboxylic acids is 3. The smallest absolute Gasteiger partial charge is 0.336 e. The number of rotatable bonds is 23. The monoisotopic (exact) mass is 870 g/mol. The van der Waals surface area contributed by atoms with Crippen LogP contribution in [-0.2, 0) is 56.5 Å². The molecule has 0 radical (unpaired) electrons. The number of carboxylic acid groups (broad SMARTS) is 3. The summed E-state index contributed by atoms with van der Waals surface area (Å²) in [6.45, 7) is 8.03. The molecule has 2 aromatic heterocycles. The van der Waals surface area contributed by atoms with Crippen molar-refractivity contribution < 1.29 is 72.2 Å². The highest BCUT2D eigenvalue weighted by atomic mass is 32.2. The third-order valence-electron chi connectivity index (χ3n) is 8.90. The Morgan fingerprint density at radius 3 is 2.20 bits per heavy atom. The second-order valence-electron chi connectivity index (χ2n) is 13.4. The summed E-state index contributed by atoms with van der Waals surface area (Å²) in [5.41, 5.74) is -0.615. The molecule has 0 unspecified atom stereocenters. The van der Waals surface area contributed by atoms with Gasteiger partial charge in [-0.25, -0.2) is 23.0 Å². The quantitative estimate of drug-likeness (QED) is 0.0384. The number of aliphatic hydroxyl groups is 1. The van der Waals surface area contributed by atoms with Gasteiger partial charge in [-0.2, -0.15) is 4.31 Å². The SMILES string of the molecule is CCCOc1ccc(S(=O)(=O)N2CCN(CCOC(=O)COCCO[N+](=O)[O-])CC2)cc1-c1nc2c(CCC)cn(CC)c2c(=O)[nH]1.O=C(O)CC(O)(CC(=O)O)C(=O)O. The Morgan fingerprint density at radius 2 is 1.63 bits per heavy atom. The molecule has 3 aromatic rings. The molecule has 0 aliphatic carbocycles. The Balaban J connectivity index is 0.000000636. The summed E-state index contributed by atoms with van der Waals surface area (Å²) in [7, 11) is -3.90. The van der Waals surface area contributed by atoms with Gasteiger partial charge < -0.3 is 49.0 Å². The van der Waals surface area contributed by atoms with Gasteiger partial charge in [-0.1, -0.05) is 20.3 Å². The van der Waals surface area contributed by atoms with Crippen molar-refractivity contribution in [2.24, 2.45) is 0 Å². The number of esters is 1. The van der Waals surface area contributed by atoms with E-state index >= 15 is 0 Å². The van der Waals surface area contributed by atoms with Gasteiger partial charge in [0.15, 0.2) is 5.60 Å². The molecule has 1 aromatic carbocycles. The van der Waals surface area contributed by atoms with Gasteiger partial charge in [-0.05, 0) is 43.5 Å². The van der Waals surface area contributed by atoms with E-state index in [1.54, 1.807) is 6.07 Å². The number of sulfonamides is 1. The Bertz CT molecular complexity index is 2130. The summed E-state index contributed by atoms with van der Waals surface area (Å²) in [5.74, 6) is -4.97. The molecule has 1 saturated heterocycles. The number of hydrogen-bond donors (Lipinski definition) is 5. The summed E-state index contributed by atoms with van der Waals surface area (Å²) in [6.07, 6.45) is 2.03. The van der Waals surface area contributed by atoms with Gasteiger partial charge in [0.2, 0.25) is 10.0 Å². The Labute approximate surface area is 343 Å². The van der Waals surface area contributed by atoms with Gasteiger partial charge in [0.05, 0.1) is 42.0 Å². The molecule has 23 nitrogen and oxygen atoms in total. The molecule has 0 bridgehead atoms. The molecule has 1 fully saturated rings. The number of benzene rings is 1. The number of ether oxygens (including phenoxy) is 3. The zero-order valence-electron chi connectivity index (χ0n) is 33.4. The fraction of sp³-hybridized carbons (Fsp3) is 0.556. The average molecular weight is 871 g/mol. The van der Waals surface area contributed by atoms with E-state index in [2.05, 4.69) is 16.7 Å². The molecule has 60 heavy (non-hydrogen) atoms. The number of fused-ring (bicyclic) bond motifs is 1. The molecule has 332 valence electrons. The molecule has 4 rings (SSSR count). The molecular formula is C36H50N6O17S. The number of piperazine rings is 1. The normalized spacial score (nSPS) is 13.6. The van der Waals surface area contributed by atoms with Crippen LogP contribution in [0.2, 0.25) is 0 Å². The summed E-state index contributed by atoms with van der Waals surface area (Å²) >= 11 is 0. The largest absolute Gasteiger partial charge is 0.493 e. The lowest BCUT2D eigenvalue weighted by atomic mass is 9.96. The number of aromatic amines is 1. The minimum Gasteiger partial charge on any atom is -0.493 e. The van der Waals surface area contributed by atoms with E-state index in [4.69, 9.17) is 39.6 Å². The van der Waals surface area contributed by atoms with Crippen molar-refractivity contribution in [2.45, 2.75) is 69.9 Å². The van der Waals surface area contributed by atoms with E-state index in [-0.39, 0.29) is 55.8 Å². The van der Waals surface area contributed by atoms with Crippen molar-refractivity contribution in [3.63, 3.8) is 0 Å². The van der Waals surface area contributed by atoms with Crippen molar-refractivity contribution in [1.82, 2.24) is 23.7 Å². The molecule has 0 amide bonds. The van der Waals surface area contributed by atoms with Crippen molar-refractivity contribution in [3.8, 4) is 17.1 Å². The summed E-state index contributed by atoms with van der Waals surface area (Å²) in [4.78, 5) is 79.6. The van der Waals surface area contributed by atoms with Crippen molar-refractivity contribution in [2.75, 3.05) is 65.8 Å². The Kier molecular flexibility index (Phi) is 18.3. The van der Waals surface area contributed by atoms with Gasteiger partial charge >= 0.3 is 23.9 Å². The van der Waals surface area contributed by atoms with E-state index < -0.39 is 57.4 Å². The van der Waals surface area contributed by atoms with Crippen molar-refractivity contribution in [3.05, 3.63) is 50.4 Å². The molecule has 1 aliphatic rings. The number of hydrogen-bond acceptors (Lipinski definition) is 16. The molecule has 1 aliphatic heterocycles. The van der Waals surface area contributed by atoms with E-state index in [1.165, 1.54) is 16.4 Å². The standard InChI is InChI=1S/C30H42N6O10S.C6H8O7/c1-4-7-22-20-34(6-3)28-27(22)31-29(32-30(28)38)24-19-23(8-9-25(24)44-15-5-2)47(41,42)35-12-10-33(11-13-35)14-16-45-26(37)21-43-17-18-46-36(39)40;7-3(8)1-6(13,5(11)12)2-4(9)10/h8-9,19-20H,4-7,10-18,21H2,1-3H3,(H,31,32,38);13H,1-2H2,(H,7,8)(H,9,10)(H,11,12). The molecule has 0 saturated carbocycles. The Hall–Kier alpha value is -5.69. The molecule has 24 heteroatoms. The van der Waals surface area contributed by atoms with E-state index in [1.807, 2.05) is 29.5 Å². The molecule has 5 N–H and O–H groups in total. The van der Waals surface area contributed by atoms with Crippen LogP contribution in [0, 0.1) is 10.1 Å². The van der Waals surface area contributed by atoms with Gasteiger partial charge in [0, 0.05) is 45.5 Å². The average Bonchev–Trinajstić information content (AvgIpc) is 3.54. The minimum absolute atomic E-state index is 0.0602. The highest BCUT2D eigenvalue weighted by Crippen LogP contribution is 2.33. The minimum atomic E-state index is -3.90. The molecule has 3 heterocycles. The maximum absolute atomic E-state index is 13.8. The van der Waals surface area contributed by atoms with Crippen LogP contribution < -0.4 is 10.3 Å². The van der Waals surface area contributed by atoms with Crippen LogP contribution in [0.25, 0.3) is 22.4 Å². The van der Waals surface area contributed by atoms with Crippen LogP contribution in [-0.4, -0.2) is 153 Å². The lowest BCUT2D eigenvalue weighted by molar-refractivity contribution is -0.758. The number of carbonyl (C=O) groups excluding carboxylic acids is 1.